The van der Waals surface area contributed by atoms with Crippen LogP contribution < -0.4 is 5.32 Å². The average molecular weight is 322 g/mol. The summed E-state index contributed by atoms with van der Waals surface area (Å²) < 4.78 is 0. The molecule has 21 heavy (non-hydrogen) atoms. The van der Waals surface area contributed by atoms with Crippen LogP contribution in [0.2, 0.25) is 10.0 Å². The van der Waals surface area contributed by atoms with Crippen LogP contribution >= 0.6 is 23.2 Å². The second-order valence-electron chi connectivity index (χ2n) is 5.16. The molecule has 2 aromatic carbocycles. The van der Waals surface area contributed by atoms with E-state index in [1.165, 1.54) is 5.56 Å². The highest BCUT2D eigenvalue weighted by Gasteiger charge is 2.10. The molecule has 0 aliphatic carbocycles. The minimum Gasteiger partial charge on any atom is -0.310 e. The van der Waals surface area contributed by atoms with E-state index in [1.807, 2.05) is 12.1 Å². The molecule has 0 aromatic heterocycles. The number of hydrogen-bond donors (Lipinski definition) is 1. The first kappa shape index (κ1) is 16.4. The molecule has 3 heteroatoms. The zero-order valence-corrected chi connectivity index (χ0v) is 14.0. The molecule has 0 saturated carbocycles. The lowest BCUT2D eigenvalue weighted by molar-refractivity contribution is 0.518. The molecule has 2 aromatic rings. The molecule has 1 N–H and O–H groups in total. The van der Waals surface area contributed by atoms with Crippen molar-refractivity contribution in [1.29, 1.82) is 0 Å². The molecule has 0 fully saturated rings. The van der Waals surface area contributed by atoms with Gasteiger partial charge in [-0.05, 0) is 48.7 Å². The number of rotatable bonds is 6. The maximum Gasteiger partial charge on any atom is 0.0499 e. The zero-order valence-electron chi connectivity index (χ0n) is 12.5. The quantitative estimate of drug-likeness (QED) is 0.676. The molecular formula is C18H21Cl2N. The van der Waals surface area contributed by atoms with Gasteiger partial charge >= 0.3 is 0 Å². The van der Waals surface area contributed by atoms with Crippen LogP contribution in [0, 0.1) is 0 Å². The molecule has 0 amide bonds. The Balaban J connectivity index is 2.32. The van der Waals surface area contributed by atoms with Crippen LogP contribution in [-0.4, -0.2) is 6.54 Å². The van der Waals surface area contributed by atoms with Gasteiger partial charge in [-0.2, -0.15) is 0 Å². The van der Waals surface area contributed by atoms with E-state index in [-0.39, 0.29) is 0 Å². The largest absolute Gasteiger partial charge is 0.310 e. The smallest absolute Gasteiger partial charge is 0.0499 e. The van der Waals surface area contributed by atoms with Crippen molar-refractivity contribution in [2.24, 2.45) is 0 Å². The Bertz CT molecular complexity index is 596. The van der Waals surface area contributed by atoms with Crippen molar-refractivity contribution in [1.82, 2.24) is 5.32 Å². The minimum atomic E-state index is 0.385. The van der Waals surface area contributed by atoms with Crippen molar-refractivity contribution in [3.63, 3.8) is 0 Å². The van der Waals surface area contributed by atoms with Gasteiger partial charge in [0.2, 0.25) is 0 Å². The van der Waals surface area contributed by atoms with Gasteiger partial charge in [0, 0.05) is 21.7 Å². The monoisotopic (exact) mass is 321 g/mol. The second-order valence-corrected chi connectivity index (χ2v) is 6.01. The van der Waals surface area contributed by atoms with Crippen molar-refractivity contribution in [2.75, 3.05) is 6.54 Å². The molecule has 0 saturated heterocycles. The normalized spacial score (nSPS) is 12.4. The topological polar surface area (TPSA) is 12.0 Å². The lowest BCUT2D eigenvalue weighted by Crippen LogP contribution is -2.21. The molecule has 0 aliphatic rings. The standard InChI is InChI=1S/C18H21Cl2N/c1-3-10-21-18(4-2)14-7-5-6-13(11-14)16-9-8-15(19)12-17(16)20/h5-9,11-12,18,21H,3-4,10H2,1-2H3. The highest BCUT2D eigenvalue weighted by atomic mass is 35.5. The van der Waals surface area contributed by atoms with Crippen molar-refractivity contribution in [3.8, 4) is 11.1 Å². The van der Waals surface area contributed by atoms with E-state index < -0.39 is 0 Å². The molecular weight excluding hydrogens is 301 g/mol. The summed E-state index contributed by atoms with van der Waals surface area (Å²) in [6.07, 6.45) is 2.21. The van der Waals surface area contributed by atoms with E-state index in [0.29, 0.717) is 16.1 Å². The van der Waals surface area contributed by atoms with E-state index in [0.717, 1.165) is 30.5 Å². The van der Waals surface area contributed by atoms with E-state index in [9.17, 15) is 0 Å². The fraction of sp³-hybridized carbons (Fsp3) is 0.333. The third-order valence-corrected chi connectivity index (χ3v) is 4.13. The summed E-state index contributed by atoms with van der Waals surface area (Å²) >= 11 is 12.3. The number of nitrogens with one attached hydrogen (secondary N) is 1. The maximum absolute atomic E-state index is 6.31. The first-order valence-corrected chi connectivity index (χ1v) is 8.20. The first-order chi connectivity index (χ1) is 10.2. The van der Waals surface area contributed by atoms with Crippen LogP contribution in [0.1, 0.15) is 38.3 Å². The molecule has 1 atom stereocenters. The van der Waals surface area contributed by atoms with Crippen molar-refractivity contribution < 1.29 is 0 Å². The van der Waals surface area contributed by atoms with Crippen LogP contribution in [0.15, 0.2) is 42.5 Å². The lowest BCUT2D eigenvalue weighted by atomic mass is 9.98. The van der Waals surface area contributed by atoms with Gasteiger partial charge in [-0.25, -0.2) is 0 Å². The maximum atomic E-state index is 6.31. The highest BCUT2D eigenvalue weighted by molar-refractivity contribution is 6.36. The van der Waals surface area contributed by atoms with Crippen molar-refractivity contribution in [2.45, 2.75) is 32.7 Å². The summed E-state index contributed by atoms with van der Waals surface area (Å²) in [5.74, 6) is 0. The Labute approximate surface area is 137 Å². The molecule has 2 rings (SSSR count). The van der Waals surface area contributed by atoms with Crippen LogP contribution in [0.4, 0.5) is 0 Å². The predicted octanol–water partition coefficient (Wildman–Crippen LogP) is 6.11. The highest BCUT2D eigenvalue weighted by Crippen LogP contribution is 2.32. The van der Waals surface area contributed by atoms with Gasteiger partial charge in [-0.3, -0.25) is 0 Å². The summed E-state index contributed by atoms with van der Waals surface area (Å²) in [4.78, 5) is 0. The Morgan fingerprint density at radius 1 is 1.05 bits per heavy atom. The van der Waals surface area contributed by atoms with Gasteiger partial charge in [-0.1, -0.05) is 61.3 Å². The van der Waals surface area contributed by atoms with E-state index in [1.54, 1.807) is 6.07 Å². The Morgan fingerprint density at radius 2 is 1.86 bits per heavy atom. The first-order valence-electron chi connectivity index (χ1n) is 7.44. The van der Waals surface area contributed by atoms with Crippen LogP contribution in [0.5, 0.6) is 0 Å². The number of halogens is 2. The molecule has 1 unspecified atom stereocenters. The summed E-state index contributed by atoms with van der Waals surface area (Å²) in [5.41, 5.74) is 3.45. The fourth-order valence-electron chi connectivity index (χ4n) is 2.46. The number of hydrogen-bond acceptors (Lipinski definition) is 1. The van der Waals surface area contributed by atoms with Gasteiger partial charge in [0.1, 0.15) is 0 Å². The molecule has 0 aliphatic heterocycles. The Morgan fingerprint density at radius 3 is 2.52 bits per heavy atom. The Kier molecular flexibility index (Phi) is 6.10. The molecule has 0 bridgehead atoms. The van der Waals surface area contributed by atoms with Gasteiger partial charge in [0.05, 0.1) is 0 Å². The number of benzene rings is 2. The van der Waals surface area contributed by atoms with E-state index in [4.69, 9.17) is 23.2 Å². The lowest BCUT2D eigenvalue weighted by Gasteiger charge is -2.18. The summed E-state index contributed by atoms with van der Waals surface area (Å²) in [6.45, 7) is 5.42. The molecule has 112 valence electrons. The second kappa shape index (κ2) is 7.84. The summed E-state index contributed by atoms with van der Waals surface area (Å²) in [6, 6.07) is 14.6. The van der Waals surface area contributed by atoms with Gasteiger partial charge < -0.3 is 5.32 Å². The van der Waals surface area contributed by atoms with E-state index in [2.05, 4.69) is 43.4 Å². The average Bonchev–Trinajstić information content (AvgIpc) is 2.48. The van der Waals surface area contributed by atoms with Crippen LogP contribution in [0.3, 0.4) is 0 Å². The fourth-order valence-corrected chi connectivity index (χ4v) is 2.98. The van der Waals surface area contributed by atoms with Crippen LogP contribution in [-0.2, 0) is 0 Å². The molecule has 0 radical (unpaired) electrons. The zero-order chi connectivity index (χ0) is 15.2. The molecule has 0 spiro atoms. The van der Waals surface area contributed by atoms with E-state index >= 15 is 0 Å². The van der Waals surface area contributed by atoms with Crippen molar-refractivity contribution in [3.05, 3.63) is 58.1 Å². The van der Waals surface area contributed by atoms with Gasteiger partial charge in [-0.15, -0.1) is 0 Å². The molecule has 0 heterocycles. The molecule has 1 nitrogen and oxygen atoms in total. The third-order valence-electron chi connectivity index (χ3n) is 3.58. The van der Waals surface area contributed by atoms with Gasteiger partial charge in [0.15, 0.2) is 0 Å². The van der Waals surface area contributed by atoms with Crippen molar-refractivity contribution >= 4 is 23.2 Å². The predicted molar refractivity (Wildman–Crippen MR) is 93.2 cm³/mol. The summed E-state index contributed by atoms with van der Waals surface area (Å²) in [5, 5.41) is 4.94. The minimum absolute atomic E-state index is 0.385. The third kappa shape index (κ3) is 4.23. The SMILES string of the molecule is CCCNC(CC)c1cccc(-c2ccc(Cl)cc2Cl)c1. The van der Waals surface area contributed by atoms with Crippen LogP contribution in [0.25, 0.3) is 11.1 Å². The Hall–Kier alpha value is -1.02. The summed E-state index contributed by atoms with van der Waals surface area (Å²) in [7, 11) is 0. The van der Waals surface area contributed by atoms with Gasteiger partial charge in [0.25, 0.3) is 0 Å².